The fourth-order valence-electron chi connectivity index (χ4n) is 1.95. The molecule has 2 aromatic carbocycles. The third-order valence-electron chi connectivity index (χ3n) is 3.53. The summed E-state index contributed by atoms with van der Waals surface area (Å²) in [6, 6.07) is 13.1. The first-order chi connectivity index (χ1) is 11.0. The Hall–Kier alpha value is -2.95. The highest BCUT2D eigenvalue weighted by Gasteiger charge is 2.13. The van der Waals surface area contributed by atoms with E-state index in [-0.39, 0.29) is 0 Å². The number of carbonyl (C=O) groups excluding carboxylic acids is 2. The number of hydrogen-bond acceptors (Lipinski definition) is 3. The second kappa shape index (κ2) is 7.35. The van der Waals surface area contributed by atoms with Gasteiger partial charge in [-0.05, 0) is 55.2 Å². The van der Waals surface area contributed by atoms with E-state index in [0.29, 0.717) is 5.69 Å². The highest BCUT2D eigenvalue weighted by Crippen LogP contribution is 2.13. The molecule has 5 nitrogen and oxygen atoms in total. The topological polar surface area (TPSA) is 70.6 Å². The molecule has 2 aromatic rings. The molecule has 0 heterocycles. The molecular weight excluding hydrogens is 290 g/mol. The van der Waals surface area contributed by atoms with Crippen LogP contribution in [0.1, 0.15) is 22.3 Å². The summed E-state index contributed by atoms with van der Waals surface area (Å²) in [6.45, 7) is 5.86. The standard InChI is InChI=1S/C18H19N3O2/c1-12-8-9-16(10-14(12)3)20-17(22)18(23)21-19-11-15-7-5-4-6-13(15)2/h4-11H,1-3H3,(H,20,22)(H,21,23)/b19-11+. The van der Waals surface area contributed by atoms with Crippen LogP contribution >= 0.6 is 0 Å². The Morgan fingerprint density at radius 2 is 1.65 bits per heavy atom. The number of nitrogens with zero attached hydrogens (tertiary/aromatic N) is 1. The SMILES string of the molecule is Cc1ccc(NC(=O)C(=O)N/N=C/c2ccccc2C)cc1C. The van der Waals surface area contributed by atoms with Crippen molar-refractivity contribution in [3.05, 3.63) is 64.7 Å². The van der Waals surface area contributed by atoms with Crippen molar-refractivity contribution in [3.8, 4) is 0 Å². The number of carbonyl (C=O) groups is 2. The Bertz CT molecular complexity index is 767. The lowest BCUT2D eigenvalue weighted by Gasteiger charge is -2.06. The molecule has 0 unspecified atom stereocenters. The Balaban J connectivity index is 1.94. The summed E-state index contributed by atoms with van der Waals surface area (Å²) >= 11 is 0. The number of anilines is 1. The highest BCUT2D eigenvalue weighted by molar-refractivity contribution is 6.39. The van der Waals surface area contributed by atoms with E-state index in [9.17, 15) is 9.59 Å². The van der Waals surface area contributed by atoms with Crippen LogP contribution in [0.4, 0.5) is 5.69 Å². The second-order valence-corrected chi connectivity index (χ2v) is 5.31. The largest absolute Gasteiger partial charge is 0.329 e. The van der Waals surface area contributed by atoms with Gasteiger partial charge in [0.05, 0.1) is 6.21 Å². The van der Waals surface area contributed by atoms with Gasteiger partial charge in [-0.1, -0.05) is 30.3 Å². The van der Waals surface area contributed by atoms with Gasteiger partial charge in [0.2, 0.25) is 0 Å². The van der Waals surface area contributed by atoms with E-state index >= 15 is 0 Å². The van der Waals surface area contributed by atoms with Crippen LogP contribution in [0.5, 0.6) is 0 Å². The summed E-state index contributed by atoms with van der Waals surface area (Å²) in [5.41, 5.74) is 6.88. The van der Waals surface area contributed by atoms with E-state index in [4.69, 9.17) is 0 Å². The maximum atomic E-state index is 11.8. The number of amides is 2. The fourth-order valence-corrected chi connectivity index (χ4v) is 1.95. The summed E-state index contributed by atoms with van der Waals surface area (Å²) < 4.78 is 0. The zero-order valence-corrected chi connectivity index (χ0v) is 13.4. The molecule has 0 atom stereocenters. The van der Waals surface area contributed by atoms with Crippen molar-refractivity contribution < 1.29 is 9.59 Å². The van der Waals surface area contributed by atoms with E-state index in [1.54, 1.807) is 6.07 Å². The van der Waals surface area contributed by atoms with Gasteiger partial charge in [-0.3, -0.25) is 9.59 Å². The Morgan fingerprint density at radius 3 is 2.35 bits per heavy atom. The third kappa shape index (κ3) is 4.51. The van der Waals surface area contributed by atoms with Crippen LogP contribution in [0.25, 0.3) is 0 Å². The normalized spacial score (nSPS) is 10.6. The molecule has 2 rings (SSSR count). The van der Waals surface area contributed by atoms with Crippen LogP contribution in [-0.4, -0.2) is 18.0 Å². The van der Waals surface area contributed by atoms with Crippen LogP contribution in [0.15, 0.2) is 47.6 Å². The summed E-state index contributed by atoms with van der Waals surface area (Å²) in [5, 5.41) is 6.36. The first-order valence-corrected chi connectivity index (χ1v) is 7.24. The minimum atomic E-state index is -0.812. The Kier molecular flexibility index (Phi) is 5.25. The molecular formula is C18H19N3O2. The fraction of sp³-hybridized carbons (Fsp3) is 0.167. The lowest BCUT2D eigenvalue weighted by Crippen LogP contribution is -2.32. The molecule has 0 radical (unpaired) electrons. The predicted molar refractivity (Wildman–Crippen MR) is 91.5 cm³/mol. The molecule has 118 valence electrons. The van der Waals surface area contributed by atoms with Crippen molar-refractivity contribution in [2.45, 2.75) is 20.8 Å². The zero-order valence-electron chi connectivity index (χ0n) is 13.4. The lowest BCUT2D eigenvalue weighted by molar-refractivity contribution is -0.136. The van der Waals surface area contributed by atoms with Gasteiger partial charge >= 0.3 is 11.8 Å². The van der Waals surface area contributed by atoms with Gasteiger partial charge in [0, 0.05) is 5.69 Å². The van der Waals surface area contributed by atoms with Gasteiger partial charge in [0.25, 0.3) is 0 Å². The van der Waals surface area contributed by atoms with Crippen molar-refractivity contribution in [2.75, 3.05) is 5.32 Å². The van der Waals surface area contributed by atoms with Crippen LogP contribution < -0.4 is 10.7 Å². The van der Waals surface area contributed by atoms with E-state index in [1.807, 2.05) is 57.2 Å². The van der Waals surface area contributed by atoms with Crippen LogP contribution in [0, 0.1) is 20.8 Å². The van der Waals surface area contributed by atoms with Crippen molar-refractivity contribution >= 4 is 23.7 Å². The smallest absolute Gasteiger partial charge is 0.318 e. The van der Waals surface area contributed by atoms with E-state index in [1.165, 1.54) is 6.21 Å². The molecule has 0 aromatic heterocycles. The van der Waals surface area contributed by atoms with Gasteiger partial charge in [-0.25, -0.2) is 5.43 Å². The van der Waals surface area contributed by atoms with E-state index in [2.05, 4.69) is 15.8 Å². The molecule has 2 N–H and O–H groups in total. The molecule has 2 amide bonds. The molecule has 0 fully saturated rings. The third-order valence-corrected chi connectivity index (χ3v) is 3.53. The average molecular weight is 309 g/mol. The van der Waals surface area contributed by atoms with Crippen LogP contribution in [-0.2, 0) is 9.59 Å². The van der Waals surface area contributed by atoms with Gasteiger partial charge in [0.15, 0.2) is 0 Å². The number of hydrogen-bond donors (Lipinski definition) is 2. The molecule has 0 saturated carbocycles. The Morgan fingerprint density at radius 1 is 0.913 bits per heavy atom. The van der Waals surface area contributed by atoms with Gasteiger partial charge in [-0.2, -0.15) is 5.10 Å². The first kappa shape index (κ1) is 16.4. The first-order valence-electron chi connectivity index (χ1n) is 7.24. The molecule has 0 aliphatic rings. The van der Waals surface area contributed by atoms with Gasteiger partial charge in [-0.15, -0.1) is 0 Å². The molecule has 0 aliphatic heterocycles. The summed E-state index contributed by atoms with van der Waals surface area (Å²) in [6.07, 6.45) is 1.51. The van der Waals surface area contributed by atoms with Gasteiger partial charge < -0.3 is 5.32 Å². The number of hydrazone groups is 1. The van der Waals surface area contributed by atoms with E-state index in [0.717, 1.165) is 22.3 Å². The summed E-state index contributed by atoms with van der Waals surface area (Å²) in [7, 11) is 0. The Labute approximate surface area is 135 Å². The van der Waals surface area contributed by atoms with Crippen LogP contribution in [0.3, 0.4) is 0 Å². The molecule has 0 saturated heterocycles. The van der Waals surface area contributed by atoms with Crippen molar-refractivity contribution in [1.82, 2.24) is 5.43 Å². The number of rotatable bonds is 3. The monoisotopic (exact) mass is 309 g/mol. The molecule has 0 aliphatic carbocycles. The summed E-state index contributed by atoms with van der Waals surface area (Å²) in [5.74, 6) is -1.57. The zero-order chi connectivity index (χ0) is 16.8. The molecule has 5 heteroatoms. The highest BCUT2D eigenvalue weighted by atomic mass is 16.2. The average Bonchev–Trinajstić information content (AvgIpc) is 2.52. The van der Waals surface area contributed by atoms with Crippen molar-refractivity contribution in [2.24, 2.45) is 5.10 Å². The van der Waals surface area contributed by atoms with Crippen molar-refractivity contribution in [1.29, 1.82) is 0 Å². The maximum absolute atomic E-state index is 11.8. The number of nitrogens with one attached hydrogen (secondary N) is 2. The molecule has 23 heavy (non-hydrogen) atoms. The quantitative estimate of drug-likeness (QED) is 0.520. The predicted octanol–water partition coefficient (Wildman–Crippen LogP) is 2.70. The summed E-state index contributed by atoms with van der Waals surface area (Å²) in [4.78, 5) is 23.6. The van der Waals surface area contributed by atoms with Gasteiger partial charge in [0.1, 0.15) is 0 Å². The minimum absolute atomic E-state index is 0.580. The molecule has 0 bridgehead atoms. The number of aryl methyl sites for hydroxylation is 3. The number of benzene rings is 2. The molecule has 0 spiro atoms. The maximum Gasteiger partial charge on any atom is 0.329 e. The van der Waals surface area contributed by atoms with Crippen molar-refractivity contribution in [3.63, 3.8) is 0 Å². The minimum Gasteiger partial charge on any atom is -0.318 e. The van der Waals surface area contributed by atoms with E-state index < -0.39 is 11.8 Å². The van der Waals surface area contributed by atoms with Crippen LogP contribution in [0.2, 0.25) is 0 Å². The second-order valence-electron chi connectivity index (χ2n) is 5.31. The lowest BCUT2D eigenvalue weighted by atomic mass is 10.1.